The lowest BCUT2D eigenvalue weighted by molar-refractivity contribution is 0.103. The lowest BCUT2D eigenvalue weighted by atomic mass is 10.0. The standard InChI is InChI=1S/C18H22ClN3O4S/c1-10-14(18(24)22(3)20-10)17(23)12-7-8-13(27(4,25)26)16(15(12)19)21(2)9-11-5-6-11/h7-8,11,24H,5-6,9H2,1-4H3. The molecule has 1 aliphatic carbocycles. The van der Waals surface area contributed by atoms with Gasteiger partial charge in [0.1, 0.15) is 5.56 Å². The topological polar surface area (TPSA) is 92.5 Å². The molecule has 1 heterocycles. The summed E-state index contributed by atoms with van der Waals surface area (Å²) in [5.41, 5.74) is 0.879. The van der Waals surface area contributed by atoms with Gasteiger partial charge < -0.3 is 10.0 Å². The van der Waals surface area contributed by atoms with Crippen molar-refractivity contribution in [2.75, 3.05) is 24.7 Å². The minimum absolute atomic E-state index is 0.0577. The van der Waals surface area contributed by atoms with Gasteiger partial charge in [0.15, 0.2) is 9.84 Å². The number of nitrogens with zero attached hydrogens (tertiary/aromatic N) is 3. The number of sulfone groups is 1. The molecule has 1 aliphatic rings. The van der Waals surface area contributed by atoms with Crippen molar-refractivity contribution >= 4 is 32.9 Å². The fourth-order valence-corrected chi connectivity index (χ4v) is 4.58. The number of hydrogen-bond donors (Lipinski definition) is 1. The van der Waals surface area contributed by atoms with Crippen LogP contribution in [0.5, 0.6) is 5.88 Å². The van der Waals surface area contributed by atoms with Crippen LogP contribution in [-0.2, 0) is 16.9 Å². The van der Waals surface area contributed by atoms with Gasteiger partial charge in [-0.1, -0.05) is 11.6 Å². The molecule has 1 saturated carbocycles. The van der Waals surface area contributed by atoms with Gasteiger partial charge >= 0.3 is 0 Å². The van der Waals surface area contributed by atoms with E-state index in [4.69, 9.17) is 11.6 Å². The lowest BCUT2D eigenvalue weighted by Crippen LogP contribution is -2.23. The fourth-order valence-electron chi connectivity index (χ4n) is 3.20. The minimum atomic E-state index is -3.54. The largest absolute Gasteiger partial charge is 0.493 e. The number of halogens is 1. The van der Waals surface area contributed by atoms with Crippen molar-refractivity contribution in [3.8, 4) is 5.88 Å². The maximum absolute atomic E-state index is 13.0. The minimum Gasteiger partial charge on any atom is -0.493 e. The van der Waals surface area contributed by atoms with E-state index < -0.39 is 15.6 Å². The van der Waals surface area contributed by atoms with Gasteiger partial charge in [-0.25, -0.2) is 13.1 Å². The summed E-state index contributed by atoms with van der Waals surface area (Å²) in [4.78, 5) is 14.9. The second kappa shape index (κ2) is 6.83. The Morgan fingerprint density at radius 1 is 1.41 bits per heavy atom. The molecule has 0 unspecified atom stereocenters. The lowest BCUT2D eigenvalue weighted by Gasteiger charge is -2.24. The van der Waals surface area contributed by atoms with Gasteiger partial charge in [0.25, 0.3) is 0 Å². The smallest absolute Gasteiger partial charge is 0.220 e. The number of carbonyl (C=O) groups excluding carboxylic acids is 1. The van der Waals surface area contributed by atoms with E-state index >= 15 is 0 Å². The zero-order valence-electron chi connectivity index (χ0n) is 15.7. The molecule has 1 fully saturated rings. The van der Waals surface area contributed by atoms with Crippen LogP contribution in [0.4, 0.5) is 5.69 Å². The number of aromatic nitrogens is 2. The quantitative estimate of drug-likeness (QED) is 0.734. The van der Waals surface area contributed by atoms with Crippen molar-refractivity contribution < 1.29 is 18.3 Å². The Hall–Kier alpha value is -2.06. The van der Waals surface area contributed by atoms with Crippen molar-refractivity contribution in [2.24, 2.45) is 13.0 Å². The highest BCUT2D eigenvalue weighted by Gasteiger charge is 2.30. The van der Waals surface area contributed by atoms with Crippen LogP contribution in [0.2, 0.25) is 5.02 Å². The number of anilines is 1. The van der Waals surface area contributed by atoms with Gasteiger partial charge in [0.2, 0.25) is 11.7 Å². The van der Waals surface area contributed by atoms with Crippen molar-refractivity contribution in [1.29, 1.82) is 0 Å². The summed E-state index contributed by atoms with van der Waals surface area (Å²) in [6, 6.07) is 2.79. The zero-order chi connectivity index (χ0) is 20.1. The molecule has 146 valence electrons. The second-order valence-electron chi connectivity index (χ2n) is 7.11. The van der Waals surface area contributed by atoms with E-state index in [-0.39, 0.29) is 26.9 Å². The van der Waals surface area contributed by atoms with E-state index in [1.54, 1.807) is 18.9 Å². The SMILES string of the molecule is Cc1nn(C)c(O)c1C(=O)c1ccc(S(C)(=O)=O)c(N(C)CC2CC2)c1Cl. The third-order valence-electron chi connectivity index (χ3n) is 4.75. The number of benzene rings is 1. The zero-order valence-corrected chi connectivity index (χ0v) is 17.2. The molecule has 0 radical (unpaired) electrons. The van der Waals surface area contributed by atoms with Gasteiger partial charge in [-0.3, -0.25) is 4.79 Å². The van der Waals surface area contributed by atoms with Gasteiger partial charge in [0, 0.05) is 32.5 Å². The van der Waals surface area contributed by atoms with E-state index in [9.17, 15) is 18.3 Å². The summed E-state index contributed by atoms with van der Waals surface area (Å²) in [5.74, 6) is -0.250. The van der Waals surface area contributed by atoms with Gasteiger partial charge in [-0.15, -0.1) is 0 Å². The fraction of sp³-hybridized carbons (Fsp3) is 0.444. The molecule has 1 aromatic heterocycles. The van der Waals surface area contributed by atoms with E-state index in [1.807, 2.05) is 0 Å². The predicted molar refractivity (Wildman–Crippen MR) is 104 cm³/mol. The maximum Gasteiger partial charge on any atom is 0.220 e. The van der Waals surface area contributed by atoms with E-state index in [0.29, 0.717) is 23.8 Å². The predicted octanol–water partition coefficient (Wildman–Crippen LogP) is 2.57. The first-order valence-electron chi connectivity index (χ1n) is 8.53. The highest BCUT2D eigenvalue weighted by atomic mass is 35.5. The normalized spacial score (nSPS) is 14.4. The summed E-state index contributed by atoms with van der Waals surface area (Å²) in [6.07, 6.45) is 3.31. The van der Waals surface area contributed by atoms with Crippen LogP contribution in [0.1, 0.15) is 34.5 Å². The molecule has 2 aromatic rings. The van der Waals surface area contributed by atoms with Crippen LogP contribution < -0.4 is 4.90 Å². The van der Waals surface area contributed by atoms with Crippen molar-refractivity contribution in [1.82, 2.24) is 9.78 Å². The Bertz CT molecular complexity index is 1030. The third-order valence-corrected chi connectivity index (χ3v) is 6.26. The molecule has 0 aliphatic heterocycles. The Labute approximate surface area is 163 Å². The molecule has 1 N–H and O–H groups in total. The molecule has 27 heavy (non-hydrogen) atoms. The molecular formula is C18H22ClN3O4S. The average Bonchev–Trinajstić information content (AvgIpc) is 3.32. The Balaban J connectivity index is 2.15. The van der Waals surface area contributed by atoms with Crippen molar-refractivity contribution in [2.45, 2.75) is 24.7 Å². The van der Waals surface area contributed by atoms with Gasteiger partial charge in [0.05, 0.1) is 21.3 Å². The first-order chi connectivity index (χ1) is 12.5. The van der Waals surface area contributed by atoms with Crippen LogP contribution in [0.3, 0.4) is 0 Å². The molecule has 0 bridgehead atoms. The number of ketones is 1. The van der Waals surface area contributed by atoms with E-state index in [0.717, 1.165) is 19.1 Å². The average molecular weight is 412 g/mol. The maximum atomic E-state index is 13.0. The summed E-state index contributed by atoms with van der Waals surface area (Å²) in [5, 5.41) is 14.3. The monoisotopic (exact) mass is 411 g/mol. The summed E-state index contributed by atoms with van der Waals surface area (Å²) in [6.45, 7) is 2.28. The number of carbonyl (C=O) groups is 1. The first kappa shape index (κ1) is 19.7. The van der Waals surface area contributed by atoms with E-state index in [2.05, 4.69) is 5.10 Å². The number of rotatable bonds is 6. The first-order valence-corrected chi connectivity index (χ1v) is 10.8. The summed E-state index contributed by atoms with van der Waals surface area (Å²) in [7, 11) is -0.236. The van der Waals surface area contributed by atoms with Crippen LogP contribution in [0.15, 0.2) is 17.0 Å². The highest BCUT2D eigenvalue weighted by molar-refractivity contribution is 7.90. The van der Waals surface area contributed by atoms with E-state index in [1.165, 1.54) is 23.9 Å². The van der Waals surface area contributed by atoms with Crippen LogP contribution in [0.25, 0.3) is 0 Å². The number of aryl methyl sites for hydroxylation is 2. The Kier molecular flexibility index (Phi) is 4.98. The molecular weight excluding hydrogens is 390 g/mol. The number of aromatic hydroxyl groups is 1. The molecule has 0 spiro atoms. The number of hydrogen-bond acceptors (Lipinski definition) is 6. The van der Waals surface area contributed by atoms with Crippen molar-refractivity contribution in [3.05, 3.63) is 34.0 Å². The van der Waals surface area contributed by atoms with Crippen LogP contribution >= 0.6 is 11.6 Å². The van der Waals surface area contributed by atoms with Gasteiger partial charge in [-0.05, 0) is 37.8 Å². The molecule has 1 aromatic carbocycles. The molecule has 7 nitrogen and oxygen atoms in total. The van der Waals surface area contributed by atoms with Crippen molar-refractivity contribution in [3.63, 3.8) is 0 Å². The van der Waals surface area contributed by atoms with Crippen LogP contribution in [-0.4, -0.2) is 48.9 Å². The van der Waals surface area contributed by atoms with Gasteiger partial charge in [-0.2, -0.15) is 5.10 Å². The Morgan fingerprint density at radius 3 is 2.52 bits per heavy atom. The summed E-state index contributed by atoms with van der Waals surface area (Å²) < 4.78 is 25.7. The third kappa shape index (κ3) is 3.68. The Morgan fingerprint density at radius 2 is 2.04 bits per heavy atom. The van der Waals surface area contributed by atoms with Crippen LogP contribution in [0, 0.1) is 12.8 Å². The highest BCUT2D eigenvalue weighted by Crippen LogP contribution is 2.39. The molecule has 0 amide bonds. The molecule has 0 atom stereocenters. The second-order valence-corrected chi connectivity index (χ2v) is 9.47. The molecule has 3 rings (SSSR count). The molecule has 0 saturated heterocycles. The molecule has 9 heteroatoms. The summed E-state index contributed by atoms with van der Waals surface area (Å²) >= 11 is 6.54.